The van der Waals surface area contributed by atoms with Gasteiger partial charge in [-0.25, -0.2) is 4.98 Å². The molecule has 140 valence electrons. The first-order chi connectivity index (χ1) is 13.6. The summed E-state index contributed by atoms with van der Waals surface area (Å²) in [7, 11) is 0. The zero-order valence-electron chi connectivity index (χ0n) is 15.3. The number of nitrogens with one attached hydrogen (secondary N) is 1. The lowest BCUT2D eigenvalue weighted by molar-refractivity contribution is -0.111. The summed E-state index contributed by atoms with van der Waals surface area (Å²) in [6, 6.07) is 15.3. The predicted octanol–water partition coefficient (Wildman–Crippen LogP) is 4.60. The summed E-state index contributed by atoms with van der Waals surface area (Å²) in [5, 5.41) is 3.16. The highest BCUT2D eigenvalue weighted by atomic mass is 32.1. The van der Waals surface area contributed by atoms with E-state index < -0.39 is 0 Å². The molecule has 0 aliphatic carbocycles. The molecule has 0 fully saturated rings. The van der Waals surface area contributed by atoms with Crippen LogP contribution in [0, 0.1) is 0 Å². The number of thiazole rings is 1. The summed E-state index contributed by atoms with van der Waals surface area (Å²) in [5.74, 6) is 0.544. The number of hydrogen-bond donors (Lipinski definition) is 1. The van der Waals surface area contributed by atoms with Crippen LogP contribution in [0.25, 0.3) is 17.3 Å². The molecule has 28 heavy (non-hydrogen) atoms. The number of Topliss-reactive ketones (excluding diaryl/α,β-unsaturated/α-hetero) is 1. The van der Waals surface area contributed by atoms with Crippen molar-refractivity contribution in [2.45, 2.75) is 13.3 Å². The summed E-state index contributed by atoms with van der Waals surface area (Å²) < 4.78 is 5.49. The fourth-order valence-electron chi connectivity index (χ4n) is 3.03. The van der Waals surface area contributed by atoms with Crippen LogP contribution in [0.3, 0.4) is 0 Å². The molecule has 1 aliphatic rings. The van der Waals surface area contributed by atoms with Crippen molar-refractivity contribution in [3.63, 3.8) is 0 Å². The highest BCUT2D eigenvalue weighted by Gasteiger charge is 2.17. The highest BCUT2D eigenvalue weighted by molar-refractivity contribution is 7.18. The molecule has 4 rings (SSSR count). The first-order valence-electron chi connectivity index (χ1n) is 8.92. The van der Waals surface area contributed by atoms with Crippen molar-refractivity contribution in [2.24, 2.45) is 0 Å². The number of carbonyl (C=O) groups is 2. The zero-order valence-corrected chi connectivity index (χ0v) is 16.1. The van der Waals surface area contributed by atoms with Crippen molar-refractivity contribution >= 4 is 34.2 Å². The molecule has 0 radical (unpaired) electrons. The Morgan fingerprint density at radius 1 is 1.18 bits per heavy atom. The number of ether oxygens (including phenoxy) is 1. The Hall–Kier alpha value is -3.25. The van der Waals surface area contributed by atoms with Gasteiger partial charge in [0.2, 0.25) is 5.91 Å². The number of benzene rings is 2. The molecule has 0 saturated heterocycles. The van der Waals surface area contributed by atoms with Crippen LogP contribution in [0.5, 0.6) is 5.75 Å². The maximum Gasteiger partial charge on any atom is 0.250 e. The molecule has 2 heterocycles. The van der Waals surface area contributed by atoms with E-state index in [1.165, 1.54) is 24.3 Å². The fourth-order valence-corrected chi connectivity index (χ4v) is 3.92. The average Bonchev–Trinajstić information content (AvgIpc) is 3.33. The molecule has 1 aliphatic heterocycles. The maximum absolute atomic E-state index is 12.3. The van der Waals surface area contributed by atoms with Gasteiger partial charge in [0.1, 0.15) is 5.75 Å². The lowest BCUT2D eigenvalue weighted by Gasteiger charge is -2.00. The molecular formula is C22H18N2O3S. The van der Waals surface area contributed by atoms with E-state index in [2.05, 4.69) is 10.3 Å². The summed E-state index contributed by atoms with van der Waals surface area (Å²) in [6.07, 6.45) is 4.11. The first-order valence-corrected chi connectivity index (χ1v) is 9.74. The molecule has 2 aromatic carbocycles. The second-order valence-corrected chi connectivity index (χ2v) is 7.41. The summed E-state index contributed by atoms with van der Waals surface area (Å²) >= 11 is 1.19. The lowest BCUT2D eigenvalue weighted by atomic mass is 10.1. The number of anilines is 1. The summed E-state index contributed by atoms with van der Waals surface area (Å²) in [5.41, 5.74) is 3.53. The van der Waals surface area contributed by atoms with Crippen molar-refractivity contribution in [2.75, 3.05) is 11.9 Å². The van der Waals surface area contributed by atoms with Gasteiger partial charge in [-0.3, -0.25) is 14.9 Å². The number of nitrogens with zero attached hydrogens (tertiary/aromatic N) is 1. The van der Waals surface area contributed by atoms with Crippen LogP contribution in [0.15, 0.2) is 54.6 Å². The van der Waals surface area contributed by atoms with Crippen LogP contribution in [0.4, 0.5) is 5.13 Å². The SMILES string of the molecule is CC(=O)c1sc(NC(=O)/C=C/c2ccc3c(c2)CCO3)nc1-c1ccccc1. The Bertz CT molecular complexity index is 1070. The van der Waals surface area contributed by atoms with Gasteiger partial charge < -0.3 is 4.74 Å². The first kappa shape index (κ1) is 18.1. The molecule has 5 nitrogen and oxygen atoms in total. The molecule has 0 saturated carbocycles. The quantitative estimate of drug-likeness (QED) is 0.511. The number of fused-ring (bicyclic) bond motifs is 1. The van der Waals surface area contributed by atoms with Crippen LogP contribution in [-0.4, -0.2) is 23.3 Å². The maximum atomic E-state index is 12.3. The van der Waals surface area contributed by atoms with E-state index in [9.17, 15) is 9.59 Å². The van der Waals surface area contributed by atoms with Gasteiger partial charge in [0, 0.05) is 25.0 Å². The second kappa shape index (κ2) is 7.78. The number of rotatable bonds is 5. The van der Waals surface area contributed by atoms with Gasteiger partial charge in [-0.05, 0) is 29.3 Å². The van der Waals surface area contributed by atoms with Crippen molar-refractivity contribution < 1.29 is 14.3 Å². The lowest BCUT2D eigenvalue weighted by Crippen LogP contribution is -2.07. The minimum atomic E-state index is -0.291. The van der Waals surface area contributed by atoms with E-state index in [0.717, 1.165) is 28.9 Å². The molecule has 0 atom stereocenters. The zero-order chi connectivity index (χ0) is 19.5. The third kappa shape index (κ3) is 3.87. The van der Waals surface area contributed by atoms with E-state index >= 15 is 0 Å². The fraction of sp³-hybridized carbons (Fsp3) is 0.136. The molecular weight excluding hydrogens is 372 g/mol. The number of amides is 1. The third-order valence-corrected chi connectivity index (χ3v) is 5.44. The van der Waals surface area contributed by atoms with E-state index in [1.54, 1.807) is 6.08 Å². The van der Waals surface area contributed by atoms with E-state index in [4.69, 9.17) is 4.74 Å². The minimum Gasteiger partial charge on any atom is -0.493 e. The topological polar surface area (TPSA) is 68.3 Å². The third-order valence-electron chi connectivity index (χ3n) is 4.36. The Labute approximate surface area is 166 Å². The van der Waals surface area contributed by atoms with Gasteiger partial charge in [-0.2, -0.15) is 0 Å². The predicted molar refractivity (Wildman–Crippen MR) is 111 cm³/mol. The number of aromatic nitrogens is 1. The smallest absolute Gasteiger partial charge is 0.250 e. The van der Waals surface area contributed by atoms with Crippen molar-refractivity contribution in [1.29, 1.82) is 0 Å². The molecule has 1 aromatic heterocycles. The van der Waals surface area contributed by atoms with Gasteiger partial charge in [0.15, 0.2) is 10.9 Å². The highest BCUT2D eigenvalue weighted by Crippen LogP contribution is 2.31. The van der Waals surface area contributed by atoms with Gasteiger partial charge in [-0.15, -0.1) is 0 Å². The number of hydrogen-bond acceptors (Lipinski definition) is 5. The number of carbonyl (C=O) groups excluding carboxylic acids is 2. The van der Waals surface area contributed by atoms with Crippen LogP contribution < -0.4 is 10.1 Å². The molecule has 1 amide bonds. The van der Waals surface area contributed by atoms with E-state index in [0.29, 0.717) is 22.3 Å². The van der Waals surface area contributed by atoms with Crippen LogP contribution in [0.2, 0.25) is 0 Å². The number of ketones is 1. The molecule has 3 aromatic rings. The van der Waals surface area contributed by atoms with Gasteiger partial charge in [0.25, 0.3) is 0 Å². The Morgan fingerprint density at radius 2 is 2.00 bits per heavy atom. The molecule has 0 spiro atoms. The molecule has 0 unspecified atom stereocenters. The largest absolute Gasteiger partial charge is 0.493 e. The van der Waals surface area contributed by atoms with Gasteiger partial charge >= 0.3 is 0 Å². The monoisotopic (exact) mass is 390 g/mol. The Morgan fingerprint density at radius 3 is 2.79 bits per heavy atom. The summed E-state index contributed by atoms with van der Waals surface area (Å²) in [6.45, 7) is 2.21. The van der Waals surface area contributed by atoms with Crippen LogP contribution in [-0.2, 0) is 11.2 Å². The Balaban J connectivity index is 1.51. The van der Waals surface area contributed by atoms with Crippen molar-refractivity contribution in [1.82, 2.24) is 4.98 Å². The Kier molecular flexibility index (Phi) is 5.04. The standard InChI is InChI=1S/C22H18N2O3S/c1-14(25)21-20(16-5-3-2-4-6-16)24-22(28-21)23-19(26)10-8-15-7-9-18-17(13-15)11-12-27-18/h2-10,13H,11-12H2,1H3,(H,23,24,26)/b10-8+. The molecule has 0 bridgehead atoms. The molecule has 6 heteroatoms. The van der Waals surface area contributed by atoms with Gasteiger partial charge in [0.05, 0.1) is 17.2 Å². The minimum absolute atomic E-state index is 0.0762. The van der Waals surface area contributed by atoms with Crippen LogP contribution in [0.1, 0.15) is 27.7 Å². The normalized spacial score (nSPS) is 12.6. The van der Waals surface area contributed by atoms with E-state index in [-0.39, 0.29) is 11.7 Å². The summed E-state index contributed by atoms with van der Waals surface area (Å²) in [4.78, 5) is 29.3. The average molecular weight is 390 g/mol. The van der Waals surface area contributed by atoms with E-state index in [1.807, 2.05) is 48.5 Å². The van der Waals surface area contributed by atoms with Crippen LogP contribution >= 0.6 is 11.3 Å². The van der Waals surface area contributed by atoms with Crippen molar-refractivity contribution in [3.8, 4) is 17.0 Å². The van der Waals surface area contributed by atoms with Crippen molar-refractivity contribution in [3.05, 3.63) is 70.6 Å². The van der Waals surface area contributed by atoms with Gasteiger partial charge in [-0.1, -0.05) is 47.7 Å². The molecule has 1 N–H and O–H groups in total. The second-order valence-electron chi connectivity index (χ2n) is 6.41.